The summed E-state index contributed by atoms with van der Waals surface area (Å²) in [5.41, 5.74) is 0.963. The van der Waals surface area contributed by atoms with E-state index in [0.717, 1.165) is 24.4 Å². The fourth-order valence-corrected chi connectivity index (χ4v) is 2.01. The Labute approximate surface area is 102 Å². The maximum atomic E-state index is 5.75. The summed E-state index contributed by atoms with van der Waals surface area (Å²) in [5.74, 6) is 0.997. The third-order valence-electron chi connectivity index (χ3n) is 2.74. The van der Waals surface area contributed by atoms with Gasteiger partial charge in [-0.1, -0.05) is 18.2 Å². The zero-order chi connectivity index (χ0) is 12.3. The normalized spacial score (nSPS) is 13.4. The number of fused-ring (bicyclic) bond motifs is 1. The Morgan fingerprint density at radius 3 is 2.76 bits per heavy atom. The van der Waals surface area contributed by atoms with E-state index in [1.807, 2.05) is 18.2 Å². The molecule has 0 bridgehead atoms. The third-order valence-corrected chi connectivity index (χ3v) is 2.74. The molecule has 3 heteroatoms. The summed E-state index contributed by atoms with van der Waals surface area (Å²) in [7, 11) is 4.17. The number of benzene rings is 1. The molecule has 92 valence electrons. The van der Waals surface area contributed by atoms with Crippen LogP contribution in [0, 0.1) is 0 Å². The van der Waals surface area contributed by atoms with Gasteiger partial charge in [-0.25, -0.2) is 0 Å². The van der Waals surface area contributed by atoms with Crippen molar-refractivity contribution in [3.05, 3.63) is 36.1 Å². The quantitative estimate of drug-likeness (QED) is 0.858. The number of likely N-dealkylation sites (N-methyl/N-ethyl adjacent to an activating group) is 1. The van der Waals surface area contributed by atoms with Crippen LogP contribution in [0.2, 0.25) is 0 Å². The highest BCUT2D eigenvalue weighted by atomic mass is 16.3. The molecule has 1 N–H and O–H groups in total. The lowest BCUT2D eigenvalue weighted by molar-refractivity contribution is 0.342. The summed E-state index contributed by atoms with van der Waals surface area (Å²) in [6, 6.07) is 10.7. The molecule has 2 aromatic rings. The number of furan rings is 1. The van der Waals surface area contributed by atoms with Crippen molar-refractivity contribution in [1.29, 1.82) is 0 Å². The van der Waals surface area contributed by atoms with Gasteiger partial charge in [0.15, 0.2) is 0 Å². The van der Waals surface area contributed by atoms with E-state index in [2.05, 4.69) is 43.4 Å². The van der Waals surface area contributed by atoms with Gasteiger partial charge in [0, 0.05) is 18.0 Å². The Balaban J connectivity index is 1.95. The summed E-state index contributed by atoms with van der Waals surface area (Å²) < 4.78 is 5.75. The second-order valence-electron chi connectivity index (χ2n) is 4.79. The van der Waals surface area contributed by atoms with Crippen LogP contribution in [0.15, 0.2) is 34.7 Å². The molecule has 0 spiro atoms. The van der Waals surface area contributed by atoms with E-state index in [0.29, 0.717) is 6.04 Å². The van der Waals surface area contributed by atoms with Crippen molar-refractivity contribution in [2.75, 3.05) is 20.6 Å². The Bertz CT molecular complexity index is 443. The average Bonchev–Trinajstić information content (AvgIpc) is 2.68. The van der Waals surface area contributed by atoms with Crippen LogP contribution in [-0.2, 0) is 6.54 Å². The van der Waals surface area contributed by atoms with Crippen molar-refractivity contribution >= 4 is 11.0 Å². The Morgan fingerprint density at radius 2 is 2.06 bits per heavy atom. The molecular formula is C14H20N2O. The van der Waals surface area contributed by atoms with Gasteiger partial charge in [0.25, 0.3) is 0 Å². The Kier molecular flexibility index (Phi) is 3.82. The van der Waals surface area contributed by atoms with Crippen LogP contribution in [0.1, 0.15) is 12.7 Å². The summed E-state index contributed by atoms with van der Waals surface area (Å²) in [6.07, 6.45) is 0. The summed E-state index contributed by atoms with van der Waals surface area (Å²) in [4.78, 5) is 2.18. The average molecular weight is 232 g/mol. The van der Waals surface area contributed by atoms with E-state index >= 15 is 0 Å². The van der Waals surface area contributed by atoms with Crippen molar-refractivity contribution in [1.82, 2.24) is 10.2 Å². The zero-order valence-electron chi connectivity index (χ0n) is 10.7. The van der Waals surface area contributed by atoms with Crippen molar-refractivity contribution < 1.29 is 4.42 Å². The number of nitrogens with one attached hydrogen (secondary N) is 1. The summed E-state index contributed by atoms with van der Waals surface area (Å²) in [6.45, 7) is 3.99. The number of nitrogens with zero attached hydrogens (tertiary/aromatic N) is 1. The zero-order valence-corrected chi connectivity index (χ0v) is 10.7. The second-order valence-corrected chi connectivity index (χ2v) is 4.79. The lowest BCUT2D eigenvalue weighted by Gasteiger charge is -2.17. The fourth-order valence-electron chi connectivity index (χ4n) is 2.01. The van der Waals surface area contributed by atoms with Crippen LogP contribution in [0.3, 0.4) is 0 Å². The third kappa shape index (κ3) is 3.32. The van der Waals surface area contributed by atoms with E-state index in [1.54, 1.807) is 0 Å². The molecule has 1 atom stereocenters. The van der Waals surface area contributed by atoms with Crippen LogP contribution in [0.4, 0.5) is 0 Å². The Hall–Kier alpha value is -1.32. The van der Waals surface area contributed by atoms with E-state index in [9.17, 15) is 0 Å². The molecule has 0 amide bonds. The minimum atomic E-state index is 0.457. The standard InChI is InChI=1S/C14H20N2O/c1-11(10-16(2)3)15-9-13-8-12-6-4-5-7-14(12)17-13/h4-8,11,15H,9-10H2,1-3H3. The molecule has 1 heterocycles. The molecule has 1 aromatic carbocycles. The SMILES string of the molecule is CC(CN(C)C)NCc1cc2ccccc2o1. The van der Waals surface area contributed by atoms with Gasteiger partial charge in [-0.2, -0.15) is 0 Å². The summed E-state index contributed by atoms with van der Waals surface area (Å²) in [5, 5.41) is 4.63. The smallest absolute Gasteiger partial charge is 0.134 e. The van der Waals surface area contributed by atoms with Gasteiger partial charge in [0.05, 0.1) is 6.54 Å². The molecule has 0 aliphatic carbocycles. The van der Waals surface area contributed by atoms with Gasteiger partial charge in [-0.15, -0.1) is 0 Å². The minimum Gasteiger partial charge on any atom is -0.460 e. The number of hydrogen-bond acceptors (Lipinski definition) is 3. The van der Waals surface area contributed by atoms with Gasteiger partial charge in [-0.05, 0) is 33.2 Å². The monoisotopic (exact) mass is 232 g/mol. The van der Waals surface area contributed by atoms with E-state index in [4.69, 9.17) is 4.42 Å². The first kappa shape index (κ1) is 12.1. The molecule has 3 nitrogen and oxygen atoms in total. The number of rotatable bonds is 5. The highest BCUT2D eigenvalue weighted by Crippen LogP contribution is 2.18. The van der Waals surface area contributed by atoms with E-state index in [-0.39, 0.29) is 0 Å². The minimum absolute atomic E-state index is 0.457. The van der Waals surface area contributed by atoms with Gasteiger partial charge in [0.1, 0.15) is 11.3 Å². The molecule has 17 heavy (non-hydrogen) atoms. The Morgan fingerprint density at radius 1 is 1.29 bits per heavy atom. The molecule has 0 aliphatic heterocycles. The molecule has 0 radical (unpaired) electrons. The fraction of sp³-hybridized carbons (Fsp3) is 0.429. The molecule has 1 aromatic heterocycles. The maximum Gasteiger partial charge on any atom is 0.134 e. The van der Waals surface area contributed by atoms with Gasteiger partial charge in [-0.3, -0.25) is 0 Å². The van der Waals surface area contributed by atoms with Crippen LogP contribution in [0.25, 0.3) is 11.0 Å². The van der Waals surface area contributed by atoms with Crippen molar-refractivity contribution in [2.24, 2.45) is 0 Å². The van der Waals surface area contributed by atoms with E-state index < -0.39 is 0 Å². The molecule has 2 rings (SSSR count). The first-order chi connectivity index (χ1) is 8.15. The summed E-state index contributed by atoms with van der Waals surface area (Å²) >= 11 is 0. The molecule has 0 saturated carbocycles. The molecule has 0 fully saturated rings. The first-order valence-electron chi connectivity index (χ1n) is 6.00. The first-order valence-corrected chi connectivity index (χ1v) is 6.00. The second kappa shape index (κ2) is 5.34. The lowest BCUT2D eigenvalue weighted by Crippen LogP contribution is -2.35. The van der Waals surface area contributed by atoms with Crippen LogP contribution in [0.5, 0.6) is 0 Å². The lowest BCUT2D eigenvalue weighted by atomic mass is 10.2. The highest BCUT2D eigenvalue weighted by Gasteiger charge is 2.06. The highest BCUT2D eigenvalue weighted by molar-refractivity contribution is 5.77. The van der Waals surface area contributed by atoms with Crippen LogP contribution < -0.4 is 5.32 Å². The molecule has 0 saturated heterocycles. The van der Waals surface area contributed by atoms with Gasteiger partial charge >= 0.3 is 0 Å². The van der Waals surface area contributed by atoms with Crippen LogP contribution in [-0.4, -0.2) is 31.6 Å². The van der Waals surface area contributed by atoms with Crippen molar-refractivity contribution in [2.45, 2.75) is 19.5 Å². The van der Waals surface area contributed by atoms with E-state index in [1.165, 1.54) is 5.39 Å². The van der Waals surface area contributed by atoms with Crippen LogP contribution >= 0.6 is 0 Å². The van der Waals surface area contributed by atoms with Gasteiger partial charge in [0.2, 0.25) is 0 Å². The molecule has 0 aliphatic rings. The van der Waals surface area contributed by atoms with Crippen molar-refractivity contribution in [3.8, 4) is 0 Å². The number of para-hydroxylation sites is 1. The predicted molar refractivity (Wildman–Crippen MR) is 71.1 cm³/mol. The largest absolute Gasteiger partial charge is 0.460 e. The van der Waals surface area contributed by atoms with Crippen molar-refractivity contribution in [3.63, 3.8) is 0 Å². The number of hydrogen-bond donors (Lipinski definition) is 1. The molecular weight excluding hydrogens is 212 g/mol. The topological polar surface area (TPSA) is 28.4 Å². The predicted octanol–water partition coefficient (Wildman–Crippen LogP) is 2.47. The van der Waals surface area contributed by atoms with Gasteiger partial charge < -0.3 is 14.6 Å². The maximum absolute atomic E-state index is 5.75. The molecule has 1 unspecified atom stereocenters.